The minimum absolute atomic E-state index is 0.498. The van der Waals surface area contributed by atoms with Crippen molar-refractivity contribution in [2.45, 2.75) is 6.18 Å². The summed E-state index contributed by atoms with van der Waals surface area (Å²) in [6.45, 7) is 0. The molecule has 0 bridgehead atoms. The van der Waals surface area contributed by atoms with Gasteiger partial charge in [-0.2, -0.15) is 13.2 Å². The highest BCUT2D eigenvalue weighted by atomic mass is 19.4. The van der Waals surface area contributed by atoms with Gasteiger partial charge in [-0.15, -0.1) is 0 Å². The molecule has 7 heteroatoms. The van der Waals surface area contributed by atoms with Gasteiger partial charge in [0, 0.05) is 13.2 Å². The quantitative estimate of drug-likeness (QED) is 0.739. The highest BCUT2D eigenvalue weighted by Crippen LogP contribution is 2.26. The Morgan fingerprint density at radius 1 is 1.50 bits per heavy atom. The van der Waals surface area contributed by atoms with Crippen LogP contribution < -0.4 is 5.32 Å². The molecule has 0 saturated heterocycles. The molecule has 0 aliphatic carbocycles. The summed E-state index contributed by atoms with van der Waals surface area (Å²) in [5.41, 5.74) is -1.13. The summed E-state index contributed by atoms with van der Waals surface area (Å²) in [7, 11) is 1.28. The van der Waals surface area contributed by atoms with E-state index in [4.69, 9.17) is 0 Å². The van der Waals surface area contributed by atoms with Crippen molar-refractivity contribution >= 4 is 5.91 Å². The van der Waals surface area contributed by atoms with Crippen molar-refractivity contribution in [3.63, 3.8) is 0 Å². The average Bonchev–Trinajstić information content (AvgIpc) is 2.15. The summed E-state index contributed by atoms with van der Waals surface area (Å²) in [4.78, 5) is 17.4. The predicted molar refractivity (Wildman–Crippen MR) is 40.4 cm³/mol. The number of carbonyl (C=O) groups is 1. The highest BCUT2D eigenvalue weighted by Gasteiger charge is 2.33. The van der Waals surface area contributed by atoms with E-state index in [1.807, 2.05) is 0 Å². The van der Waals surface area contributed by atoms with Crippen molar-refractivity contribution in [3.8, 4) is 0 Å². The Hall–Kier alpha value is -1.66. The van der Waals surface area contributed by atoms with Gasteiger partial charge in [-0.25, -0.2) is 9.97 Å². The number of hydrogen-bond donors (Lipinski definition) is 1. The topological polar surface area (TPSA) is 54.9 Å². The van der Waals surface area contributed by atoms with Crippen LogP contribution in [0.2, 0.25) is 0 Å². The first kappa shape index (κ1) is 10.4. The summed E-state index contributed by atoms with van der Waals surface area (Å²) < 4.78 is 36.3. The molecule has 76 valence electrons. The molecule has 0 spiro atoms. The minimum Gasteiger partial charge on any atom is -0.352 e. The van der Waals surface area contributed by atoms with Gasteiger partial charge in [0.15, 0.2) is 0 Å². The number of halogens is 3. The first-order chi connectivity index (χ1) is 6.45. The fourth-order valence-electron chi connectivity index (χ4n) is 0.738. The molecule has 0 saturated carbocycles. The third-order valence-electron chi connectivity index (χ3n) is 1.38. The van der Waals surface area contributed by atoms with E-state index in [1.165, 1.54) is 7.05 Å². The number of nitrogens with zero attached hydrogens (tertiary/aromatic N) is 2. The van der Waals surface area contributed by atoms with Crippen molar-refractivity contribution in [2.75, 3.05) is 7.05 Å². The molecule has 0 aromatic carbocycles. The third kappa shape index (κ3) is 2.18. The molecule has 1 N–H and O–H groups in total. The molecule has 1 aromatic rings. The van der Waals surface area contributed by atoms with Gasteiger partial charge in [0.2, 0.25) is 5.82 Å². The maximum atomic E-state index is 12.1. The first-order valence-electron chi connectivity index (χ1n) is 3.57. The fourth-order valence-corrected chi connectivity index (χ4v) is 0.738. The maximum Gasteiger partial charge on any atom is 0.433 e. The van der Waals surface area contributed by atoms with E-state index in [9.17, 15) is 18.0 Å². The van der Waals surface area contributed by atoms with Gasteiger partial charge in [-0.05, 0) is 6.07 Å². The SMILES string of the molecule is CNC(=O)c1nccc(C(F)(F)F)n1. The second kappa shape index (κ2) is 3.60. The van der Waals surface area contributed by atoms with Crippen LogP contribution in [0, 0.1) is 0 Å². The molecule has 0 atom stereocenters. The lowest BCUT2D eigenvalue weighted by molar-refractivity contribution is -0.141. The van der Waals surface area contributed by atoms with Gasteiger partial charge < -0.3 is 5.32 Å². The molecule has 1 rings (SSSR count). The number of alkyl halides is 3. The van der Waals surface area contributed by atoms with Crippen molar-refractivity contribution in [1.29, 1.82) is 0 Å². The zero-order valence-corrected chi connectivity index (χ0v) is 7.09. The largest absolute Gasteiger partial charge is 0.433 e. The Morgan fingerprint density at radius 2 is 2.14 bits per heavy atom. The van der Waals surface area contributed by atoms with E-state index in [-0.39, 0.29) is 0 Å². The van der Waals surface area contributed by atoms with Gasteiger partial charge in [-0.3, -0.25) is 4.79 Å². The van der Waals surface area contributed by atoms with Crippen molar-refractivity contribution < 1.29 is 18.0 Å². The molecular formula is C7H6F3N3O. The van der Waals surface area contributed by atoms with Gasteiger partial charge in [0.05, 0.1) is 0 Å². The average molecular weight is 205 g/mol. The van der Waals surface area contributed by atoms with Crippen LogP contribution in [0.4, 0.5) is 13.2 Å². The summed E-state index contributed by atoms with van der Waals surface area (Å²) in [6.07, 6.45) is -3.67. The van der Waals surface area contributed by atoms with Crippen molar-refractivity contribution in [2.24, 2.45) is 0 Å². The molecule has 0 unspecified atom stereocenters. The standard InChI is InChI=1S/C7H6F3N3O/c1-11-6(14)5-12-3-2-4(13-5)7(8,9)10/h2-3H,1H3,(H,11,14). The van der Waals surface area contributed by atoms with Crippen LogP contribution in [0.1, 0.15) is 16.3 Å². The second-order valence-corrected chi connectivity index (χ2v) is 2.34. The number of amides is 1. The molecule has 14 heavy (non-hydrogen) atoms. The molecule has 0 aliphatic rings. The van der Waals surface area contributed by atoms with E-state index >= 15 is 0 Å². The predicted octanol–water partition coefficient (Wildman–Crippen LogP) is 0.855. The molecule has 0 fully saturated rings. The van der Waals surface area contributed by atoms with Gasteiger partial charge in [0.25, 0.3) is 5.91 Å². The third-order valence-corrected chi connectivity index (χ3v) is 1.38. The van der Waals surface area contributed by atoms with Crippen LogP contribution in [0.3, 0.4) is 0 Å². The molecular weight excluding hydrogens is 199 g/mol. The number of aromatic nitrogens is 2. The van der Waals surface area contributed by atoms with Crippen LogP contribution in [0.5, 0.6) is 0 Å². The molecule has 0 radical (unpaired) electrons. The van der Waals surface area contributed by atoms with Gasteiger partial charge >= 0.3 is 6.18 Å². The lowest BCUT2D eigenvalue weighted by Gasteiger charge is -2.05. The van der Waals surface area contributed by atoms with Crippen molar-refractivity contribution in [1.82, 2.24) is 15.3 Å². The number of nitrogens with one attached hydrogen (secondary N) is 1. The van der Waals surface area contributed by atoms with E-state index < -0.39 is 23.6 Å². The van der Waals surface area contributed by atoms with Gasteiger partial charge in [0.1, 0.15) is 5.69 Å². The number of rotatable bonds is 1. The Kier molecular flexibility index (Phi) is 2.68. The summed E-state index contributed by atoms with van der Waals surface area (Å²) in [6, 6.07) is 0.701. The van der Waals surface area contributed by atoms with E-state index in [0.29, 0.717) is 6.07 Å². The Labute approximate surface area is 77.2 Å². The molecule has 1 amide bonds. The van der Waals surface area contributed by atoms with E-state index in [2.05, 4.69) is 15.3 Å². The zero-order chi connectivity index (χ0) is 10.8. The highest BCUT2D eigenvalue weighted by molar-refractivity contribution is 5.90. The van der Waals surface area contributed by atoms with Crippen LogP contribution in [-0.4, -0.2) is 22.9 Å². The summed E-state index contributed by atoms with van der Waals surface area (Å²) >= 11 is 0. The zero-order valence-electron chi connectivity index (χ0n) is 7.09. The van der Waals surface area contributed by atoms with Crippen LogP contribution in [-0.2, 0) is 6.18 Å². The van der Waals surface area contributed by atoms with Crippen LogP contribution in [0.25, 0.3) is 0 Å². The normalized spacial score (nSPS) is 11.1. The first-order valence-corrected chi connectivity index (χ1v) is 3.57. The van der Waals surface area contributed by atoms with Gasteiger partial charge in [-0.1, -0.05) is 0 Å². The maximum absolute atomic E-state index is 12.1. The van der Waals surface area contributed by atoms with E-state index in [0.717, 1.165) is 6.20 Å². The fraction of sp³-hybridized carbons (Fsp3) is 0.286. The van der Waals surface area contributed by atoms with Crippen LogP contribution in [0.15, 0.2) is 12.3 Å². The summed E-state index contributed by atoms with van der Waals surface area (Å²) in [5, 5.41) is 2.13. The minimum atomic E-state index is -4.56. The summed E-state index contributed by atoms with van der Waals surface area (Å²) in [5.74, 6) is -1.25. The Bertz CT molecular complexity index is 350. The van der Waals surface area contributed by atoms with Crippen molar-refractivity contribution in [3.05, 3.63) is 23.8 Å². The molecule has 0 aliphatic heterocycles. The number of hydrogen-bond acceptors (Lipinski definition) is 3. The lowest BCUT2D eigenvalue weighted by Crippen LogP contribution is -2.22. The van der Waals surface area contributed by atoms with Crippen LogP contribution >= 0.6 is 0 Å². The Morgan fingerprint density at radius 3 is 2.64 bits per heavy atom. The smallest absolute Gasteiger partial charge is 0.352 e. The lowest BCUT2D eigenvalue weighted by atomic mass is 10.4. The Balaban J connectivity index is 3.08. The molecule has 4 nitrogen and oxygen atoms in total. The second-order valence-electron chi connectivity index (χ2n) is 2.34. The molecule has 1 aromatic heterocycles. The number of carbonyl (C=O) groups excluding carboxylic acids is 1. The monoisotopic (exact) mass is 205 g/mol. The molecule has 1 heterocycles. The van der Waals surface area contributed by atoms with E-state index in [1.54, 1.807) is 0 Å².